The van der Waals surface area contributed by atoms with E-state index in [0.717, 1.165) is 50.0 Å². The molecule has 0 N–H and O–H groups in total. The number of fused-ring (bicyclic) bond motifs is 13. The Morgan fingerprint density at radius 2 is 0.786 bits per heavy atom. The Morgan fingerprint density at radius 3 is 1.39 bits per heavy atom. The van der Waals surface area contributed by atoms with Crippen LogP contribution in [0.2, 0.25) is 0 Å². The SMILES string of the molecule is c1ccc(-c2cccc(-n3c4ccccc4c4c5c6ccccc6n(-c6cccc(-c7cnc8c9ccccc9c9ccccc9c8n7)c6)c5ccc43)c2)cc1. The molecule has 0 spiro atoms. The highest BCUT2D eigenvalue weighted by Gasteiger charge is 2.21. The van der Waals surface area contributed by atoms with Crippen LogP contribution in [0.4, 0.5) is 0 Å². The lowest BCUT2D eigenvalue weighted by atomic mass is 9.99. The Bertz CT molecular complexity index is 3500. The summed E-state index contributed by atoms with van der Waals surface area (Å²) in [5.41, 5.74) is 13.1. The number of aromatic nitrogens is 4. The predicted molar refractivity (Wildman–Crippen MR) is 234 cm³/mol. The molecule has 56 heavy (non-hydrogen) atoms. The molecule has 3 aromatic heterocycles. The van der Waals surface area contributed by atoms with Crippen molar-refractivity contribution in [1.82, 2.24) is 19.1 Å². The predicted octanol–water partition coefficient (Wildman–Crippen LogP) is 13.5. The Kier molecular flexibility index (Phi) is 6.60. The van der Waals surface area contributed by atoms with Gasteiger partial charge < -0.3 is 9.13 Å². The Hall–Kier alpha value is -7.56. The van der Waals surface area contributed by atoms with Crippen LogP contribution in [0.15, 0.2) is 194 Å². The first-order valence-electron chi connectivity index (χ1n) is 19.1. The molecule has 3 heterocycles. The zero-order valence-electron chi connectivity index (χ0n) is 30.3. The molecule has 0 aliphatic heterocycles. The molecule has 0 radical (unpaired) electrons. The molecule has 0 unspecified atom stereocenters. The van der Waals surface area contributed by atoms with Crippen LogP contribution in [0.5, 0.6) is 0 Å². The fraction of sp³-hybridized carbons (Fsp3) is 0. The maximum absolute atomic E-state index is 5.33. The molecule has 0 aliphatic carbocycles. The van der Waals surface area contributed by atoms with E-state index in [0.29, 0.717) is 0 Å². The van der Waals surface area contributed by atoms with Crippen molar-refractivity contribution in [3.63, 3.8) is 0 Å². The van der Waals surface area contributed by atoms with Crippen molar-refractivity contribution in [2.24, 2.45) is 0 Å². The molecule has 0 bridgehead atoms. The molecule has 0 fully saturated rings. The lowest BCUT2D eigenvalue weighted by Gasteiger charge is -2.12. The molecular formula is C52H32N4. The fourth-order valence-electron chi connectivity index (χ4n) is 9.10. The van der Waals surface area contributed by atoms with Crippen LogP contribution in [0.3, 0.4) is 0 Å². The molecular weight excluding hydrogens is 681 g/mol. The van der Waals surface area contributed by atoms with Gasteiger partial charge in [-0.2, -0.15) is 0 Å². The van der Waals surface area contributed by atoms with E-state index in [1.165, 1.54) is 60.0 Å². The minimum Gasteiger partial charge on any atom is -0.309 e. The Morgan fingerprint density at radius 1 is 0.321 bits per heavy atom. The number of para-hydroxylation sites is 2. The van der Waals surface area contributed by atoms with Gasteiger partial charge in [0, 0.05) is 49.3 Å². The summed E-state index contributed by atoms with van der Waals surface area (Å²) < 4.78 is 4.84. The largest absolute Gasteiger partial charge is 0.309 e. The standard InChI is InChI=1S/C52H32N4/c1-2-14-33(15-3-1)34-16-12-18-36(30-34)55-45-26-10-8-24-42(45)49-47(55)28-29-48-50(49)43-25-9-11-27-46(43)56(48)37-19-13-17-35(31-37)44-32-53-51-40-22-6-4-20-38(40)39-21-5-7-23-41(39)52(51)54-44/h1-32H. The summed E-state index contributed by atoms with van der Waals surface area (Å²) in [6.07, 6.45) is 1.93. The van der Waals surface area contributed by atoms with E-state index < -0.39 is 0 Å². The quantitative estimate of drug-likeness (QED) is 0.170. The number of rotatable bonds is 4. The van der Waals surface area contributed by atoms with Crippen molar-refractivity contribution < 1.29 is 0 Å². The average Bonchev–Trinajstić information content (AvgIpc) is 3.80. The molecule has 12 aromatic rings. The first-order chi connectivity index (χ1) is 27.8. The third-order valence-corrected chi connectivity index (χ3v) is 11.5. The number of benzene rings is 9. The molecule has 0 amide bonds. The van der Waals surface area contributed by atoms with E-state index in [1.54, 1.807) is 0 Å². The van der Waals surface area contributed by atoms with Crippen LogP contribution in [-0.2, 0) is 0 Å². The van der Waals surface area contributed by atoms with Crippen molar-refractivity contribution in [2.45, 2.75) is 0 Å². The highest BCUT2D eigenvalue weighted by atomic mass is 15.0. The second-order valence-electron chi connectivity index (χ2n) is 14.6. The van der Waals surface area contributed by atoms with Crippen LogP contribution in [0.1, 0.15) is 0 Å². The van der Waals surface area contributed by atoms with Crippen LogP contribution in [0.25, 0.3) is 110 Å². The van der Waals surface area contributed by atoms with Crippen LogP contribution in [0, 0.1) is 0 Å². The van der Waals surface area contributed by atoms with Crippen molar-refractivity contribution in [1.29, 1.82) is 0 Å². The molecule has 0 atom stereocenters. The van der Waals surface area contributed by atoms with Crippen molar-refractivity contribution >= 4 is 76.2 Å². The maximum atomic E-state index is 5.33. The molecule has 0 saturated carbocycles. The van der Waals surface area contributed by atoms with Crippen molar-refractivity contribution in [2.75, 3.05) is 0 Å². The summed E-state index contributed by atoms with van der Waals surface area (Å²) >= 11 is 0. The van der Waals surface area contributed by atoms with E-state index in [-0.39, 0.29) is 0 Å². The molecule has 0 saturated heterocycles. The summed E-state index contributed by atoms with van der Waals surface area (Å²) in [6, 6.07) is 67.5. The minimum absolute atomic E-state index is 0.851. The van der Waals surface area contributed by atoms with Gasteiger partial charge in [0.15, 0.2) is 0 Å². The van der Waals surface area contributed by atoms with Gasteiger partial charge in [-0.1, -0.05) is 140 Å². The molecule has 0 aliphatic rings. The Balaban J connectivity index is 1.08. The van der Waals surface area contributed by atoms with Crippen molar-refractivity contribution in [3.8, 4) is 33.8 Å². The second-order valence-corrected chi connectivity index (χ2v) is 14.6. The van der Waals surface area contributed by atoms with E-state index in [4.69, 9.17) is 9.97 Å². The van der Waals surface area contributed by atoms with Gasteiger partial charge in [-0.25, -0.2) is 4.98 Å². The summed E-state index contributed by atoms with van der Waals surface area (Å²) in [4.78, 5) is 10.4. The highest BCUT2D eigenvalue weighted by Crippen LogP contribution is 2.43. The molecule has 12 rings (SSSR count). The zero-order valence-corrected chi connectivity index (χ0v) is 30.3. The lowest BCUT2D eigenvalue weighted by molar-refractivity contribution is 1.17. The van der Waals surface area contributed by atoms with Gasteiger partial charge in [0.1, 0.15) is 0 Å². The molecule has 4 nitrogen and oxygen atoms in total. The van der Waals surface area contributed by atoms with Gasteiger partial charge in [0.05, 0.1) is 45.0 Å². The number of hydrogen-bond donors (Lipinski definition) is 0. The Labute approximate surface area is 322 Å². The maximum Gasteiger partial charge on any atom is 0.0979 e. The second kappa shape index (κ2) is 12.0. The van der Waals surface area contributed by atoms with Gasteiger partial charge >= 0.3 is 0 Å². The number of hydrogen-bond acceptors (Lipinski definition) is 2. The smallest absolute Gasteiger partial charge is 0.0979 e. The van der Waals surface area contributed by atoms with E-state index in [9.17, 15) is 0 Å². The molecule has 4 heteroatoms. The van der Waals surface area contributed by atoms with Gasteiger partial charge in [0.2, 0.25) is 0 Å². The topological polar surface area (TPSA) is 35.6 Å². The minimum atomic E-state index is 0.851. The van der Waals surface area contributed by atoms with Gasteiger partial charge in [-0.3, -0.25) is 4.98 Å². The van der Waals surface area contributed by atoms with Gasteiger partial charge in [-0.15, -0.1) is 0 Å². The third-order valence-electron chi connectivity index (χ3n) is 11.5. The van der Waals surface area contributed by atoms with E-state index in [1.807, 2.05) is 6.20 Å². The first-order valence-corrected chi connectivity index (χ1v) is 19.1. The molecule has 9 aromatic carbocycles. The first kappa shape index (κ1) is 30.9. The third kappa shape index (κ3) is 4.47. The van der Waals surface area contributed by atoms with E-state index >= 15 is 0 Å². The van der Waals surface area contributed by atoms with Crippen LogP contribution < -0.4 is 0 Å². The zero-order chi connectivity index (χ0) is 36.7. The lowest BCUT2D eigenvalue weighted by Crippen LogP contribution is -1.96. The summed E-state index contributed by atoms with van der Waals surface area (Å²) in [5.74, 6) is 0. The summed E-state index contributed by atoms with van der Waals surface area (Å²) in [7, 11) is 0. The van der Waals surface area contributed by atoms with Crippen LogP contribution in [-0.4, -0.2) is 19.1 Å². The monoisotopic (exact) mass is 712 g/mol. The summed E-state index contributed by atoms with van der Waals surface area (Å²) in [5, 5.41) is 9.60. The normalized spacial score (nSPS) is 11.9. The van der Waals surface area contributed by atoms with Crippen LogP contribution >= 0.6 is 0 Å². The van der Waals surface area contributed by atoms with E-state index in [2.05, 4.69) is 197 Å². The van der Waals surface area contributed by atoms with Gasteiger partial charge in [0.25, 0.3) is 0 Å². The fourth-order valence-corrected chi connectivity index (χ4v) is 9.10. The number of nitrogens with zero attached hydrogens (tertiary/aromatic N) is 4. The molecule has 260 valence electrons. The van der Waals surface area contributed by atoms with Crippen molar-refractivity contribution in [3.05, 3.63) is 194 Å². The summed E-state index contributed by atoms with van der Waals surface area (Å²) in [6.45, 7) is 0. The highest BCUT2D eigenvalue weighted by molar-refractivity contribution is 6.29. The van der Waals surface area contributed by atoms with Gasteiger partial charge in [-0.05, 0) is 70.4 Å². The average molecular weight is 713 g/mol.